The fourth-order valence-corrected chi connectivity index (χ4v) is 4.90. The fraction of sp³-hybridized carbons (Fsp3) is 0.333. The highest BCUT2D eigenvalue weighted by molar-refractivity contribution is 6.30. The van der Waals surface area contributed by atoms with E-state index in [0.29, 0.717) is 16.5 Å². The molecule has 3 atom stereocenters. The first-order valence-electron chi connectivity index (χ1n) is 9.40. The van der Waals surface area contributed by atoms with Crippen LogP contribution in [-0.2, 0) is 9.59 Å². The van der Waals surface area contributed by atoms with Crippen molar-refractivity contribution in [1.82, 2.24) is 10.0 Å². The average molecular weight is 398 g/mol. The second-order valence-electron chi connectivity index (χ2n) is 7.36. The van der Waals surface area contributed by atoms with E-state index in [9.17, 15) is 9.59 Å². The molecular weight excluding hydrogens is 378 g/mol. The summed E-state index contributed by atoms with van der Waals surface area (Å²) in [5, 5.41) is 4.94. The van der Waals surface area contributed by atoms with Crippen LogP contribution in [0.15, 0.2) is 48.5 Å². The molecule has 2 aromatic rings. The summed E-state index contributed by atoms with van der Waals surface area (Å²) in [7, 11) is 1.57. The Bertz CT molecular complexity index is 948. The lowest BCUT2D eigenvalue weighted by Gasteiger charge is -2.29. The molecule has 3 aliphatic heterocycles. The number of ether oxygens (including phenoxy) is 1. The topological polar surface area (TPSA) is 53.1 Å². The third-order valence-corrected chi connectivity index (χ3v) is 6.18. The van der Waals surface area contributed by atoms with E-state index in [2.05, 4.69) is 10.0 Å². The first-order valence-corrected chi connectivity index (χ1v) is 9.78. The summed E-state index contributed by atoms with van der Waals surface area (Å²) in [5.41, 5.74) is 1.57. The molecule has 3 saturated heterocycles. The molecule has 6 nitrogen and oxygen atoms in total. The first-order chi connectivity index (χ1) is 13.6. The van der Waals surface area contributed by atoms with Crippen LogP contribution in [0.25, 0.3) is 0 Å². The van der Waals surface area contributed by atoms with E-state index in [-0.39, 0.29) is 17.9 Å². The fourth-order valence-electron chi connectivity index (χ4n) is 4.78. The molecule has 3 aliphatic rings. The number of methoxy groups -OCH3 is 1. The van der Waals surface area contributed by atoms with Crippen molar-refractivity contribution in [2.45, 2.75) is 18.5 Å². The molecule has 7 heteroatoms. The molecular formula is C21H20ClN3O3. The molecule has 0 aliphatic carbocycles. The number of amides is 2. The number of hydrazine groups is 1. The summed E-state index contributed by atoms with van der Waals surface area (Å²) in [6.45, 7) is 1.64. The zero-order valence-corrected chi connectivity index (χ0v) is 16.2. The number of rotatable bonds is 3. The summed E-state index contributed by atoms with van der Waals surface area (Å²) in [4.78, 5) is 28.1. The van der Waals surface area contributed by atoms with E-state index < -0.39 is 12.0 Å². The molecule has 0 N–H and O–H groups in total. The lowest BCUT2D eigenvalue weighted by molar-refractivity contribution is -0.126. The van der Waals surface area contributed by atoms with Crippen molar-refractivity contribution >= 4 is 29.1 Å². The Labute approximate surface area is 168 Å². The molecule has 3 unspecified atom stereocenters. The Balaban J connectivity index is 1.57. The molecule has 0 radical (unpaired) electrons. The van der Waals surface area contributed by atoms with E-state index in [1.165, 1.54) is 4.90 Å². The van der Waals surface area contributed by atoms with Gasteiger partial charge in [-0.3, -0.25) is 9.59 Å². The van der Waals surface area contributed by atoms with Crippen molar-refractivity contribution in [3.63, 3.8) is 0 Å². The highest BCUT2D eigenvalue weighted by Crippen LogP contribution is 2.49. The molecule has 2 aromatic carbocycles. The Morgan fingerprint density at radius 2 is 1.68 bits per heavy atom. The van der Waals surface area contributed by atoms with Gasteiger partial charge in [0.25, 0.3) is 5.91 Å². The van der Waals surface area contributed by atoms with E-state index in [1.54, 1.807) is 31.4 Å². The number of hydrogen-bond acceptors (Lipinski definition) is 5. The number of hydrogen-bond donors (Lipinski definition) is 0. The summed E-state index contributed by atoms with van der Waals surface area (Å²) in [6, 6.07) is 14.1. The normalized spacial score (nSPS) is 27.4. The number of carbonyl (C=O) groups is 2. The molecule has 0 spiro atoms. The third kappa shape index (κ3) is 2.49. The Hall–Kier alpha value is -2.41. The minimum atomic E-state index is -0.457. The number of imide groups is 1. The maximum Gasteiger partial charge on any atom is 0.253 e. The van der Waals surface area contributed by atoms with E-state index in [4.69, 9.17) is 16.3 Å². The van der Waals surface area contributed by atoms with Crippen LogP contribution >= 0.6 is 11.6 Å². The highest BCUT2D eigenvalue weighted by Gasteiger charge is 2.62. The predicted molar refractivity (Wildman–Crippen MR) is 105 cm³/mol. The van der Waals surface area contributed by atoms with Crippen molar-refractivity contribution < 1.29 is 14.3 Å². The molecule has 2 amide bonds. The van der Waals surface area contributed by atoms with Crippen LogP contribution in [0.1, 0.15) is 18.0 Å². The summed E-state index contributed by atoms with van der Waals surface area (Å²) >= 11 is 6.06. The van der Waals surface area contributed by atoms with Crippen molar-refractivity contribution in [3.05, 3.63) is 59.1 Å². The van der Waals surface area contributed by atoms with Crippen molar-refractivity contribution in [3.8, 4) is 5.75 Å². The SMILES string of the molecule is COc1cccc(N2C(=O)C3C(C2=O)N2CCCN2C3c2ccc(Cl)cc2)c1. The Morgan fingerprint density at radius 3 is 2.39 bits per heavy atom. The predicted octanol–water partition coefficient (Wildman–Crippen LogP) is 2.88. The second kappa shape index (κ2) is 6.58. The summed E-state index contributed by atoms with van der Waals surface area (Å²) in [6.07, 6.45) is 0.980. The van der Waals surface area contributed by atoms with E-state index >= 15 is 0 Å². The van der Waals surface area contributed by atoms with Crippen LogP contribution in [0, 0.1) is 5.92 Å². The number of nitrogens with zero attached hydrogens (tertiary/aromatic N) is 3. The molecule has 0 saturated carbocycles. The highest BCUT2D eigenvalue weighted by atomic mass is 35.5. The minimum absolute atomic E-state index is 0.155. The maximum absolute atomic E-state index is 13.5. The lowest BCUT2D eigenvalue weighted by atomic mass is 9.90. The largest absolute Gasteiger partial charge is 0.497 e. The molecule has 0 aromatic heterocycles. The van der Waals surface area contributed by atoms with E-state index in [0.717, 1.165) is 25.1 Å². The van der Waals surface area contributed by atoms with Crippen LogP contribution < -0.4 is 9.64 Å². The van der Waals surface area contributed by atoms with Gasteiger partial charge >= 0.3 is 0 Å². The molecule has 0 bridgehead atoms. The second-order valence-corrected chi connectivity index (χ2v) is 7.80. The van der Waals surface area contributed by atoms with E-state index in [1.807, 2.05) is 24.3 Å². The van der Waals surface area contributed by atoms with Crippen molar-refractivity contribution in [2.75, 3.05) is 25.1 Å². The van der Waals surface area contributed by atoms with Gasteiger partial charge in [-0.05, 0) is 36.2 Å². The average Bonchev–Trinajstić information content (AvgIpc) is 3.35. The molecule has 3 heterocycles. The molecule has 28 heavy (non-hydrogen) atoms. The van der Waals surface area contributed by atoms with Gasteiger partial charge in [0.05, 0.1) is 24.8 Å². The number of halogens is 1. The van der Waals surface area contributed by atoms with Crippen LogP contribution in [0.3, 0.4) is 0 Å². The summed E-state index contributed by atoms with van der Waals surface area (Å²) in [5.74, 6) is -0.128. The van der Waals surface area contributed by atoms with Gasteiger partial charge in [-0.25, -0.2) is 14.9 Å². The molecule has 144 valence electrons. The Kier molecular flexibility index (Phi) is 4.16. The minimum Gasteiger partial charge on any atom is -0.497 e. The number of anilines is 1. The van der Waals surface area contributed by atoms with Crippen LogP contribution in [0.4, 0.5) is 5.69 Å². The van der Waals surface area contributed by atoms with Gasteiger partial charge in [0.2, 0.25) is 5.91 Å². The van der Waals surface area contributed by atoms with Gasteiger partial charge in [0.15, 0.2) is 0 Å². The smallest absolute Gasteiger partial charge is 0.253 e. The molecule has 5 rings (SSSR count). The van der Waals surface area contributed by atoms with Crippen LogP contribution in [-0.4, -0.2) is 48.1 Å². The third-order valence-electron chi connectivity index (χ3n) is 5.93. The van der Waals surface area contributed by atoms with Crippen molar-refractivity contribution in [1.29, 1.82) is 0 Å². The number of fused-ring (bicyclic) bond motifs is 3. The van der Waals surface area contributed by atoms with Crippen molar-refractivity contribution in [2.24, 2.45) is 5.92 Å². The quantitative estimate of drug-likeness (QED) is 0.745. The van der Waals surface area contributed by atoms with Crippen LogP contribution in [0.2, 0.25) is 5.02 Å². The first kappa shape index (κ1) is 17.7. The Morgan fingerprint density at radius 1 is 0.964 bits per heavy atom. The molecule has 3 fully saturated rings. The maximum atomic E-state index is 13.5. The monoisotopic (exact) mass is 397 g/mol. The van der Waals surface area contributed by atoms with Gasteiger partial charge in [0, 0.05) is 24.2 Å². The lowest BCUT2D eigenvalue weighted by Crippen LogP contribution is -2.44. The van der Waals surface area contributed by atoms with Gasteiger partial charge in [-0.2, -0.15) is 0 Å². The van der Waals surface area contributed by atoms with Crippen LogP contribution in [0.5, 0.6) is 5.75 Å². The van der Waals surface area contributed by atoms with Gasteiger partial charge < -0.3 is 4.74 Å². The number of carbonyl (C=O) groups excluding carboxylic acids is 2. The van der Waals surface area contributed by atoms with Gasteiger partial charge in [0.1, 0.15) is 11.8 Å². The number of benzene rings is 2. The zero-order chi connectivity index (χ0) is 19.4. The standard InChI is InChI=1S/C21H20ClN3O3/c1-28-16-5-2-4-15(12-16)25-20(26)17-18(13-6-8-14(22)9-7-13)23-10-3-11-24(23)19(17)21(25)27/h2,4-9,12,17-19H,3,10-11H2,1H3. The zero-order valence-electron chi connectivity index (χ0n) is 15.4. The van der Waals surface area contributed by atoms with Gasteiger partial charge in [-0.1, -0.05) is 29.8 Å². The van der Waals surface area contributed by atoms with Gasteiger partial charge in [-0.15, -0.1) is 0 Å². The summed E-state index contributed by atoms with van der Waals surface area (Å²) < 4.78 is 5.27.